The summed E-state index contributed by atoms with van der Waals surface area (Å²) >= 11 is 5.17. The van der Waals surface area contributed by atoms with Gasteiger partial charge in [0.1, 0.15) is 5.03 Å². The Morgan fingerprint density at radius 1 is 1.17 bits per heavy atom. The lowest BCUT2D eigenvalue weighted by Gasteiger charge is -2.07. The van der Waals surface area contributed by atoms with Crippen LogP contribution in [0.2, 0.25) is 0 Å². The Kier molecular flexibility index (Phi) is 4.46. The third-order valence-electron chi connectivity index (χ3n) is 2.79. The molecule has 0 spiro atoms. The molecule has 0 radical (unpaired) electrons. The zero-order valence-corrected chi connectivity index (χ0v) is 13.2. The number of halogens is 1. The van der Waals surface area contributed by atoms with E-state index < -0.39 is 0 Å². The van der Waals surface area contributed by atoms with Crippen LogP contribution < -0.4 is 0 Å². The van der Waals surface area contributed by atoms with E-state index in [9.17, 15) is 0 Å². The average Bonchev–Trinajstić information content (AvgIpc) is 2.34. The number of benzene rings is 1. The fourth-order valence-electron chi connectivity index (χ4n) is 1.61. The van der Waals surface area contributed by atoms with E-state index >= 15 is 0 Å². The highest BCUT2D eigenvalue weighted by Crippen LogP contribution is 2.29. The quantitative estimate of drug-likeness (QED) is 0.747. The van der Waals surface area contributed by atoms with Crippen LogP contribution in [0.15, 0.2) is 50.9 Å². The van der Waals surface area contributed by atoms with E-state index in [1.807, 2.05) is 6.20 Å². The van der Waals surface area contributed by atoms with Crippen molar-refractivity contribution < 1.29 is 0 Å². The van der Waals surface area contributed by atoms with Gasteiger partial charge in [-0.05, 0) is 58.1 Å². The van der Waals surface area contributed by atoms with Crippen molar-refractivity contribution in [3.8, 4) is 0 Å². The second kappa shape index (κ2) is 5.89. The number of rotatable bonds is 3. The van der Waals surface area contributed by atoms with E-state index in [1.54, 1.807) is 11.8 Å². The van der Waals surface area contributed by atoms with Crippen molar-refractivity contribution in [3.05, 3.63) is 52.1 Å². The van der Waals surface area contributed by atoms with Gasteiger partial charge in [-0.3, -0.25) is 0 Å². The summed E-state index contributed by atoms with van der Waals surface area (Å²) in [7, 11) is 0. The predicted molar refractivity (Wildman–Crippen MR) is 81.3 cm³/mol. The van der Waals surface area contributed by atoms with E-state index in [4.69, 9.17) is 0 Å². The van der Waals surface area contributed by atoms with Gasteiger partial charge in [0.25, 0.3) is 0 Å². The molecule has 0 aliphatic carbocycles. The standard InChI is InChI=1S/C15H16BrNS/c1-10(2)12-4-6-13(7-5-12)18-15-8-11(3)14(16)9-17-15/h4-10H,1-3H3. The topological polar surface area (TPSA) is 12.9 Å². The summed E-state index contributed by atoms with van der Waals surface area (Å²) in [5.74, 6) is 0.581. The molecule has 1 heterocycles. The molecule has 2 aromatic rings. The second-order valence-electron chi connectivity index (χ2n) is 4.60. The van der Waals surface area contributed by atoms with Gasteiger partial charge in [0, 0.05) is 15.6 Å². The molecule has 0 atom stereocenters. The molecule has 2 rings (SSSR count). The molecule has 94 valence electrons. The van der Waals surface area contributed by atoms with Crippen LogP contribution in [-0.2, 0) is 0 Å². The molecular formula is C15H16BrNS. The third-order valence-corrected chi connectivity index (χ3v) is 4.56. The Balaban J connectivity index is 2.15. The van der Waals surface area contributed by atoms with Crippen molar-refractivity contribution in [3.63, 3.8) is 0 Å². The highest BCUT2D eigenvalue weighted by molar-refractivity contribution is 9.10. The zero-order valence-electron chi connectivity index (χ0n) is 10.8. The van der Waals surface area contributed by atoms with Crippen LogP contribution in [0.4, 0.5) is 0 Å². The van der Waals surface area contributed by atoms with E-state index in [2.05, 4.69) is 72.0 Å². The number of hydrogen-bond donors (Lipinski definition) is 0. The van der Waals surface area contributed by atoms with Gasteiger partial charge in [0.15, 0.2) is 0 Å². The molecule has 0 bridgehead atoms. The molecule has 0 unspecified atom stereocenters. The van der Waals surface area contributed by atoms with E-state index in [1.165, 1.54) is 16.0 Å². The van der Waals surface area contributed by atoms with Gasteiger partial charge < -0.3 is 0 Å². The third kappa shape index (κ3) is 3.36. The minimum atomic E-state index is 0.581. The minimum absolute atomic E-state index is 0.581. The molecule has 1 aromatic heterocycles. The van der Waals surface area contributed by atoms with Gasteiger partial charge in [-0.1, -0.05) is 37.7 Å². The van der Waals surface area contributed by atoms with Crippen molar-refractivity contribution in [1.82, 2.24) is 4.98 Å². The van der Waals surface area contributed by atoms with E-state index in [0.717, 1.165) is 9.50 Å². The smallest absolute Gasteiger partial charge is 0.101 e. The van der Waals surface area contributed by atoms with Crippen LogP contribution in [-0.4, -0.2) is 4.98 Å². The zero-order chi connectivity index (χ0) is 13.1. The second-order valence-corrected chi connectivity index (χ2v) is 6.55. The highest BCUT2D eigenvalue weighted by atomic mass is 79.9. The molecule has 1 aromatic carbocycles. The Morgan fingerprint density at radius 2 is 1.83 bits per heavy atom. The summed E-state index contributed by atoms with van der Waals surface area (Å²) in [5, 5.41) is 1.04. The minimum Gasteiger partial charge on any atom is -0.248 e. The SMILES string of the molecule is Cc1cc(Sc2ccc(C(C)C)cc2)ncc1Br. The highest BCUT2D eigenvalue weighted by Gasteiger charge is 2.03. The lowest BCUT2D eigenvalue weighted by molar-refractivity contribution is 0.865. The summed E-state index contributed by atoms with van der Waals surface area (Å²) in [4.78, 5) is 5.64. The van der Waals surface area contributed by atoms with Crippen LogP contribution in [0.1, 0.15) is 30.9 Å². The van der Waals surface area contributed by atoms with Crippen molar-refractivity contribution in [1.29, 1.82) is 0 Å². The largest absolute Gasteiger partial charge is 0.248 e. The molecule has 0 aliphatic heterocycles. The van der Waals surface area contributed by atoms with Crippen molar-refractivity contribution in [2.75, 3.05) is 0 Å². The van der Waals surface area contributed by atoms with Crippen molar-refractivity contribution in [2.45, 2.75) is 36.6 Å². The van der Waals surface area contributed by atoms with Gasteiger partial charge in [0.05, 0.1) is 0 Å². The molecule has 0 saturated heterocycles. The normalized spacial score (nSPS) is 10.9. The first-order chi connectivity index (χ1) is 8.56. The van der Waals surface area contributed by atoms with Gasteiger partial charge in [-0.2, -0.15) is 0 Å². The maximum Gasteiger partial charge on any atom is 0.101 e. The molecule has 3 heteroatoms. The van der Waals surface area contributed by atoms with Crippen LogP contribution in [0.3, 0.4) is 0 Å². The molecular weight excluding hydrogens is 306 g/mol. The summed E-state index contributed by atoms with van der Waals surface area (Å²) in [6, 6.07) is 10.8. The Morgan fingerprint density at radius 3 is 2.39 bits per heavy atom. The molecule has 0 N–H and O–H groups in total. The first-order valence-corrected chi connectivity index (χ1v) is 7.57. The lowest BCUT2D eigenvalue weighted by atomic mass is 10.0. The number of aromatic nitrogens is 1. The van der Waals surface area contributed by atoms with Gasteiger partial charge >= 0.3 is 0 Å². The molecule has 1 nitrogen and oxygen atoms in total. The molecule has 0 fully saturated rings. The van der Waals surface area contributed by atoms with Crippen LogP contribution in [0.25, 0.3) is 0 Å². The van der Waals surface area contributed by atoms with Gasteiger partial charge in [-0.15, -0.1) is 0 Å². The fraction of sp³-hybridized carbons (Fsp3) is 0.267. The molecule has 0 saturated carbocycles. The van der Waals surface area contributed by atoms with Crippen LogP contribution in [0, 0.1) is 6.92 Å². The van der Waals surface area contributed by atoms with Crippen LogP contribution >= 0.6 is 27.7 Å². The number of pyridine rings is 1. The van der Waals surface area contributed by atoms with Crippen LogP contribution in [0.5, 0.6) is 0 Å². The van der Waals surface area contributed by atoms with Crippen molar-refractivity contribution in [2.24, 2.45) is 0 Å². The first-order valence-electron chi connectivity index (χ1n) is 5.96. The van der Waals surface area contributed by atoms with Crippen molar-refractivity contribution >= 4 is 27.7 Å². The Labute approximate surface area is 121 Å². The molecule has 0 amide bonds. The summed E-state index contributed by atoms with van der Waals surface area (Å²) in [5.41, 5.74) is 2.59. The number of nitrogens with zero attached hydrogens (tertiary/aromatic N) is 1. The first kappa shape index (κ1) is 13.6. The number of hydrogen-bond acceptors (Lipinski definition) is 2. The molecule has 18 heavy (non-hydrogen) atoms. The molecule has 0 aliphatic rings. The summed E-state index contributed by atoms with van der Waals surface area (Å²) in [6.07, 6.45) is 1.86. The maximum absolute atomic E-state index is 4.41. The maximum atomic E-state index is 4.41. The van der Waals surface area contributed by atoms with Gasteiger partial charge in [-0.25, -0.2) is 4.98 Å². The lowest BCUT2D eigenvalue weighted by Crippen LogP contribution is -1.87. The average molecular weight is 322 g/mol. The van der Waals surface area contributed by atoms with E-state index in [0.29, 0.717) is 5.92 Å². The van der Waals surface area contributed by atoms with Gasteiger partial charge in [0.2, 0.25) is 0 Å². The number of aryl methyl sites for hydroxylation is 1. The Hall–Kier alpha value is -0.800. The summed E-state index contributed by atoms with van der Waals surface area (Å²) < 4.78 is 1.06. The van der Waals surface area contributed by atoms with E-state index in [-0.39, 0.29) is 0 Å². The predicted octanol–water partition coefficient (Wildman–Crippen LogP) is 5.43. The fourth-order valence-corrected chi connectivity index (χ4v) is 2.68. The monoisotopic (exact) mass is 321 g/mol. The Bertz CT molecular complexity index is 535. The summed E-state index contributed by atoms with van der Waals surface area (Å²) in [6.45, 7) is 6.50.